The highest BCUT2D eigenvalue weighted by Crippen LogP contribution is 2.23. The standard InChI is InChI=1S/C20H34N4O2.HI/c1-4-21-20(22-10-13-26-15-14-25-3)23-17(2)18-8-7-9-19(16-18)24-11-5-6-12-24;/h7-9,16-17H,4-6,10-15H2,1-3H3,(H2,21,22,23);1H. The van der Waals surface area contributed by atoms with Crippen LogP contribution in [0.4, 0.5) is 5.69 Å². The Labute approximate surface area is 181 Å². The Bertz CT molecular complexity index is 551. The van der Waals surface area contributed by atoms with Crippen LogP contribution < -0.4 is 15.5 Å². The van der Waals surface area contributed by atoms with Crippen LogP contribution in [0.3, 0.4) is 0 Å². The first-order valence-corrected chi connectivity index (χ1v) is 9.71. The molecule has 1 atom stereocenters. The van der Waals surface area contributed by atoms with Gasteiger partial charge in [0.25, 0.3) is 0 Å². The maximum Gasteiger partial charge on any atom is 0.191 e. The molecule has 0 aromatic heterocycles. The predicted molar refractivity (Wildman–Crippen MR) is 124 cm³/mol. The third-order valence-electron chi connectivity index (χ3n) is 4.48. The van der Waals surface area contributed by atoms with Crippen molar-refractivity contribution in [3.8, 4) is 0 Å². The summed E-state index contributed by atoms with van der Waals surface area (Å²) in [6.07, 6.45) is 2.59. The molecule has 27 heavy (non-hydrogen) atoms. The first kappa shape index (κ1) is 24.0. The van der Waals surface area contributed by atoms with E-state index >= 15 is 0 Å². The second-order valence-corrected chi connectivity index (χ2v) is 6.52. The molecule has 1 unspecified atom stereocenters. The molecule has 2 N–H and O–H groups in total. The predicted octanol–water partition coefficient (Wildman–Crippen LogP) is 3.18. The molecule has 0 spiro atoms. The van der Waals surface area contributed by atoms with Gasteiger partial charge in [0.1, 0.15) is 0 Å². The van der Waals surface area contributed by atoms with Gasteiger partial charge in [0.15, 0.2) is 5.96 Å². The third-order valence-corrected chi connectivity index (χ3v) is 4.48. The zero-order valence-electron chi connectivity index (χ0n) is 16.9. The molecule has 0 saturated carbocycles. The quantitative estimate of drug-likeness (QED) is 0.229. The summed E-state index contributed by atoms with van der Waals surface area (Å²) in [6, 6.07) is 9.01. The van der Waals surface area contributed by atoms with Gasteiger partial charge in [-0.05, 0) is 44.4 Å². The van der Waals surface area contributed by atoms with Crippen molar-refractivity contribution in [3.05, 3.63) is 29.8 Å². The summed E-state index contributed by atoms with van der Waals surface area (Å²) in [5, 5.41) is 6.80. The van der Waals surface area contributed by atoms with Crippen molar-refractivity contribution in [2.45, 2.75) is 32.7 Å². The zero-order valence-corrected chi connectivity index (χ0v) is 19.2. The van der Waals surface area contributed by atoms with Crippen molar-refractivity contribution in [3.63, 3.8) is 0 Å². The van der Waals surface area contributed by atoms with E-state index in [-0.39, 0.29) is 30.0 Å². The van der Waals surface area contributed by atoms with Crippen molar-refractivity contribution in [2.75, 3.05) is 58.0 Å². The fourth-order valence-corrected chi connectivity index (χ4v) is 3.04. The molecule has 6 nitrogen and oxygen atoms in total. The SMILES string of the molecule is CCNC(=NCCOCCOC)NC(C)c1cccc(N2CCCC2)c1.I. The summed E-state index contributed by atoms with van der Waals surface area (Å²) in [6.45, 7) is 9.85. The summed E-state index contributed by atoms with van der Waals surface area (Å²) in [5.41, 5.74) is 2.60. The van der Waals surface area contributed by atoms with Gasteiger partial charge < -0.3 is 25.0 Å². The average molecular weight is 490 g/mol. The molecular formula is C20H35IN4O2. The fourth-order valence-electron chi connectivity index (χ4n) is 3.04. The molecule has 0 radical (unpaired) electrons. The summed E-state index contributed by atoms with van der Waals surface area (Å²) in [5.74, 6) is 0.821. The van der Waals surface area contributed by atoms with E-state index < -0.39 is 0 Å². The lowest BCUT2D eigenvalue weighted by Gasteiger charge is -2.22. The van der Waals surface area contributed by atoms with Crippen molar-refractivity contribution in [1.82, 2.24) is 10.6 Å². The van der Waals surface area contributed by atoms with E-state index in [0.29, 0.717) is 26.4 Å². The number of nitrogens with zero attached hydrogens (tertiary/aromatic N) is 2. The topological polar surface area (TPSA) is 58.1 Å². The van der Waals surface area contributed by atoms with Gasteiger partial charge in [-0.15, -0.1) is 24.0 Å². The van der Waals surface area contributed by atoms with E-state index in [0.717, 1.165) is 12.5 Å². The number of ether oxygens (including phenoxy) is 2. The second-order valence-electron chi connectivity index (χ2n) is 6.52. The van der Waals surface area contributed by atoms with E-state index in [1.54, 1.807) is 7.11 Å². The lowest BCUT2D eigenvalue weighted by Crippen LogP contribution is -2.39. The molecule has 1 aliphatic rings. The minimum atomic E-state index is 0. The molecule has 1 aromatic rings. The zero-order chi connectivity index (χ0) is 18.6. The molecular weight excluding hydrogens is 455 g/mol. The Morgan fingerprint density at radius 2 is 2.00 bits per heavy atom. The van der Waals surface area contributed by atoms with Gasteiger partial charge in [0.05, 0.1) is 32.4 Å². The smallest absolute Gasteiger partial charge is 0.191 e. The fraction of sp³-hybridized carbons (Fsp3) is 0.650. The highest BCUT2D eigenvalue weighted by molar-refractivity contribution is 14.0. The second kappa shape index (κ2) is 14.0. The number of hydrogen-bond donors (Lipinski definition) is 2. The van der Waals surface area contributed by atoms with E-state index in [9.17, 15) is 0 Å². The number of guanidine groups is 1. The van der Waals surface area contributed by atoms with Crippen LogP contribution in [0.1, 0.15) is 38.3 Å². The van der Waals surface area contributed by atoms with Crippen LogP contribution in [0.5, 0.6) is 0 Å². The highest BCUT2D eigenvalue weighted by atomic mass is 127. The summed E-state index contributed by atoms with van der Waals surface area (Å²) >= 11 is 0. The van der Waals surface area contributed by atoms with Crippen molar-refractivity contribution >= 4 is 35.6 Å². The molecule has 1 aromatic carbocycles. The van der Waals surface area contributed by atoms with Gasteiger partial charge in [0, 0.05) is 32.4 Å². The molecule has 0 bridgehead atoms. The molecule has 0 aliphatic carbocycles. The molecule has 154 valence electrons. The van der Waals surface area contributed by atoms with E-state index in [1.165, 1.54) is 37.2 Å². The number of methoxy groups -OCH3 is 1. The molecule has 2 rings (SSSR count). The van der Waals surface area contributed by atoms with E-state index in [4.69, 9.17) is 9.47 Å². The van der Waals surface area contributed by atoms with Gasteiger partial charge in [-0.2, -0.15) is 0 Å². The lowest BCUT2D eigenvalue weighted by atomic mass is 10.1. The first-order chi connectivity index (χ1) is 12.7. The van der Waals surface area contributed by atoms with Crippen molar-refractivity contribution in [2.24, 2.45) is 4.99 Å². The summed E-state index contributed by atoms with van der Waals surface area (Å²) in [7, 11) is 1.68. The summed E-state index contributed by atoms with van der Waals surface area (Å²) in [4.78, 5) is 7.06. The molecule has 1 fully saturated rings. The maximum atomic E-state index is 5.47. The Balaban J connectivity index is 0.00000364. The average Bonchev–Trinajstić information content (AvgIpc) is 3.19. The van der Waals surface area contributed by atoms with E-state index in [2.05, 4.69) is 58.6 Å². The minimum Gasteiger partial charge on any atom is -0.382 e. The van der Waals surface area contributed by atoms with Crippen LogP contribution >= 0.6 is 24.0 Å². The normalized spacial score (nSPS) is 15.4. The first-order valence-electron chi connectivity index (χ1n) is 9.71. The van der Waals surface area contributed by atoms with Crippen LogP contribution in [0.15, 0.2) is 29.3 Å². The Morgan fingerprint density at radius 3 is 2.70 bits per heavy atom. The van der Waals surface area contributed by atoms with Gasteiger partial charge >= 0.3 is 0 Å². The number of rotatable bonds is 10. The van der Waals surface area contributed by atoms with Crippen LogP contribution in [-0.2, 0) is 9.47 Å². The molecule has 0 amide bonds. The molecule has 7 heteroatoms. The van der Waals surface area contributed by atoms with Crippen molar-refractivity contribution in [1.29, 1.82) is 0 Å². The number of nitrogens with one attached hydrogen (secondary N) is 2. The number of hydrogen-bond acceptors (Lipinski definition) is 4. The number of benzene rings is 1. The third kappa shape index (κ3) is 8.66. The van der Waals surface area contributed by atoms with Crippen LogP contribution in [0, 0.1) is 0 Å². The Hall–Kier alpha value is -1.06. The molecule has 1 heterocycles. The monoisotopic (exact) mass is 490 g/mol. The van der Waals surface area contributed by atoms with Crippen LogP contribution in [0.25, 0.3) is 0 Å². The van der Waals surface area contributed by atoms with E-state index in [1.807, 2.05) is 0 Å². The van der Waals surface area contributed by atoms with Gasteiger partial charge in [-0.1, -0.05) is 12.1 Å². The molecule has 1 aliphatic heterocycles. The van der Waals surface area contributed by atoms with Gasteiger partial charge in [-0.25, -0.2) is 0 Å². The van der Waals surface area contributed by atoms with Crippen LogP contribution in [-0.4, -0.2) is 59.1 Å². The highest BCUT2D eigenvalue weighted by Gasteiger charge is 2.14. The maximum absolute atomic E-state index is 5.47. The van der Waals surface area contributed by atoms with Crippen molar-refractivity contribution < 1.29 is 9.47 Å². The number of halogens is 1. The van der Waals surface area contributed by atoms with Gasteiger partial charge in [-0.3, -0.25) is 4.99 Å². The lowest BCUT2D eigenvalue weighted by molar-refractivity contribution is 0.0748. The van der Waals surface area contributed by atoms with Gasteiger partial charge in [0.2, 0.25) is 0 Å². The largest absolute Gasteiger partial charge is 0.382 e. The number of anilines is 1. The number of aliphatic imine (C=N–C) groups is 1. The molecule has 1 saturated heterocycles. The Kier molecular flexibility index (Phi) is 12.4. The summed E-state index contributed by atoms with van der Waals surface area (Å²) < 4.78 is 10.4. The minimum absolute atomic E-state index is 0. The Morgan fingerprint density at radius 1 is 1.22 bits per heavy atom. The van der Waals surface area contributed by atoms with Crippen LogP contribution in [0.2, 0.25) is 0 Å².